The van der Waals surface area contributed by atoms with E-state index in [1.807, 2.05) is 0 Å². The average Bonchev–Trinajstić information content (AvgIpc) is 2.31. The van der Waals surface area contributed by atoms with Crippen molar-refractivity contribution in [3.8, 4) is 5.75 Å². The third kappa shape index (κ3) is 4.94. The molecule has 0 fully saturated rings. The number of carbonyl (C=O) groups excluding carboxylic acids is 1. The second-order valence-electron chi connectivity index (χ2n) is 4.46. The number of anilines is 1. The summed E-state index contributed by atoms with van der Waals surface area (Å²) >= 11 is 0. The molecule has 0 spiro atoms. The molecule has 0 heterocycles. The lowest BCUT2D eigenvalue weighted by molar-refractivity contribution is -0.119. The van der Waals surface area contributed by atoms with Gasteiger partial charge in [0.05, 0.1) is 11.6 Å². The first-order chi connectivity index (χ1) is 8.82. The summed E-state index contributed by atoms with van der Waals surface area (Å²) < 4.78 is 29.0. The maximum atomic E-state index is 12.3. The average molecular weight is 309 g/mol. The van der Waals surface area contributed by atoms with Crippen LogP contribution in [0.4, 0.5) is 14.5 Å². The van der Waals surface area contributed by atoms with Gasteiger partial charge >= 0.3 is 6.61 Å². The number of alkyl halides is 2. The van der Waals surface area contributed by atoms with Gasteiger partial charge in [0.2, 0.25) is 5.91 Å². The highest BCUT2D eigenvalue weighted by molar-refractivity contribution is 5.95. The Morgan fingerprint density at radius 3 is 2.45 bits per heavy atom. The Morgan fingerprint density at radius 2 is 1.95 bits per heavy atom. The number of amides is 1. The first kappa shape index (κ1) is 18.6. The molecule has 20 heavy (non-hydrogen) atoms. The number of para-hydroxylation sites is 1. The predicted molar refractivity (Wildman–Crippen MR) is 76.5 cm³/mol. The number of hydrogen-bond donors (Lipinski definition) is 2. The van der Waals surface area contributed by atoms with Gasteiger partial charge in [-0.25, -0.2) is 0 Å². The molecule has 1 aromatic carbocycles. The molecule has 0 radical (unpaired) electrons. The van der Waals surface area contributed by atoms with Crippen LogP contribution in [0.15, 0.2) is 18.2 Å². The molecule has 1 amide bonds. The summed E-state index contributed by atoms with van der Waals surface area (Å²) in [5.41, 5.74) is 6.53. The fraction of sp³-hybridized carbons (Fsp3) is 0.462. The molecule has 0 aliphatic rings. The molecule has 4 nitrogen and oxygen atoms in total. The molecule has 0 bridgehead atoms. The van der Waals surface area contributed by atoms with Crippen molar-refractivity contribution >= 4 is 24.0 Å². The van der Waals surface area contributed by atoms with Crippen molar-refractivity contribution in [3.63, 3.8) is 0 Å². The van der Waals surface area contributed by atoms with Gasteiger partial charge in [0.25, 0.3) is 0 Å². The van der Waals surface area contributed by atoms with E-state index in [1.54, 1.807) is 32.9 Å². The zero-order valence-corrected chi connectivity index (χ0v) is 12.3. The number of hydrogen-bond acceptors (Lipinski definition) is 3. The van der Waals surface area contributed by atoms with Gasteiger partial charge in [0.15, 0.2) is 0 Å². The molecule has 0 aliphatic carbocycles. The van der Waals surface area contributed by atoms with Crippen molar-refractivity contribution in [2.75, 3.05) is 5.32 Å². The summed E-state index contributed by atoms with van der Waals surface area (Å²) in [7, 11) is 0. The second kappa shape index (κ2) is 8.01. The number of nitrogens with two attached hydrogens (primary N) is 1. The van der Waals surface area contributed by atoms with E-state index in [0.29, 0.717) is 5.56 Å². The normalized spacial score (nSPS) is 13.3. The molecule has 7 heteroatoms. The Labute approximate surface area is 123 Å². The summed E-state index contributed by atoms with van der Waals surface area (Å²) in [6, 6.07) is 4.33. The van der Waals surface area contributed by atoms with E-state index in [0.717, 1.165) is 0 Å². The SMILES string of the molecule is Cc1cccc(OC(F)F)c1NC(=O)C(C)C(C)N.Cl. The molecule has 0 saturated carbocycles. The Kier molecular flexibility index (Phi) is 7.45. The highest BCUT2D eigenvalue weighted by Gasteiger charge is 2.20. The number of aryl methyl sites for hydroxylation is 1. The third-order valence-corrected chi connectivity index (χ3v) is 2.90. The quantitative estimate of drug-likeness (QED) is 0.879. The molecule has 1 aromatic rings. The second-order valence-corrected chi connectivity index (χ2v) is 4.46. The number of ether oxygens (including phenoxy) is 1. The number of rotatable bonds is 5. The molecule has 0 aliphatic heterocycles. The molecule has 0 saturated heterocycles. The molecular formula is C13H19ClF2N2O2. The maximum Gasteiger partial charge on any atom is 0.387 e. The van der Waals surface area contributed by atoms with Crippen LogP contribution in [0.1, 0.15) is 19.4 Å². The van der Waals surface area contributed by atoms with E-state index in [9.17, 15) is 13.6 Å². The lowest BCUT2D eigenvalue weighted by Gasteiger charge is -2.18. The lowest BCUT2D eigenvalue weighted by Crippen LogP contribution is -2.34. The van der Waals surface area contributed by atoms with Crippen LogP contribution in [0.2, 0.25) is 0 Å². The first-order valence-electron chi connectivity index (χ1n) is 5.93. The summed E-state index contributed by atoms with van der Waals surface area (Å²) in [4.78, 5) is 11.9. The van der Waals surface area contributed by atoms with Crippen LogP contribution in [0.25, 0.3) is 0 Å². The van der Waals surface area contributed by atoms with Crippen molar-refractivity contribution < 1.29 is 18.3 Å². The Morgan fingerprint density at radius 1 is 1.35 bits per heavy atom. The molecular weight excluding hydrogens is 290 g/mol. The summed E-state index contributed by atoms with van der Waals surface area (Å²) in [6.45, 7) is 2.14. The topological polar surface area (TPSA) is 64.3 Å². The zero-order valence-electron chi connectivity index (χ0n) is 11.5. The highest BCUT2D eigenvalue weighted by Crippen LogP contribution is 2.29. The molecule has 3 N–H and O–H groups in total. The largest absolute Gasteiger partial charge is 0.433 e. The molecule has 114 valence electrons. The Bertz CT molecular complexity index is 456. The number of benzene rings is 1. The first-order valence-corrected chi connectivity index (χ1v) is 5.93. The lowest BCUT2D eigenvalue weighted by atomic mass is 10.0. The van der Waals surface area contributed by atoms with Crippen LogP contribution in [-0.4, -0.2) is 18.6 Å². The monoisotopic (exact) mass is 308 g/mol. The van der Waals surface area contributed by atoms with E-state index < -0.39 is 12.5 Å². The van der Waals surface area contributed by atoms with Gasteiger partial charge in [-0.3, -0.25) is 4.79 Å². The number of nitrogens with one attached hydrogen (secondary N) is 1. The molecule has 2 atom stereocenters. The Hall–Kier alpha value is -1.40. The Balaban J connectivity index is 0.00000361. The fourth-order valence-corrected chi connectivity index (χ4v) is 1.47. The van der Waals surface area contributed by atoms with Gasteiger partial charge < -0.3 is 15.8 Å². The number of halogens is 3. The van der Waals surface area contributed by atoms with Crippen LogP contribution in [0.3, 0.4) is 0 Å². The molecule has 0 aromatic heterocycles. The maximum absolute atomic E-state index is 12.3. The van der Waals surface area contributed by atoms with E-state index >= 15 is 0 Å². The third-order valence-electron chi connectivity index (χ3n) is 2.90. The van der Waals surface area contributed by atoms with Gasteiger partial charge in [0, 0.05) is 6.04 Å². The van der Waals surface area contributed by atoms with Crippen LogP contribution in [-0.2, 0) is 4.79 Å². The van der Waals surface area contributed by atoms with Gasteiger partial charge in [-0.15, -0.1) is 12.4 Å². The van der Waals surface area contributed by atoms with E-state index in [2.05, 4.69) is 10.1 Å². The number of carbonyl (C=O) groups is 1. The summed E-state index contributed by atoms with van der Waals surface area (Å²) in [6.07, 6.45) is 0. The van der Waals surface area contributed by atoms with E-state index in [1.165, 1.54) is 6.07 Å². The highest BCUT2D eigenvalue weighted by atomic mass is 35.5. The van der Waals surface area contributed by atoms with E-state index in [-0.39, 0.29) is 35.8 Å². The molecule has 2 unspecified atom stereocenters. The smallest absolute Gasteiger partial charge is 0.387 e. The van der Waals surface area contributed by atoms with Crippen LogP contribution in [0.5, 0.6) is 5.75 Å². The van der Waals surface area contributed by atoms with E-state index in [4.69, 9.17) is 5.73 Å². The van der Waals surface area contributed by atoms with Gasteiger partial charge in [0.1, 0.15) is 5.75 Å². The molecule has 1 rings (SSSR count). The van der Waals surface area contributed by atoms with Crippen molar-refractivity contribution in [1.29, 1.82) is 0 Å². The van der Waals surface area contributed by atoms with Crippen LogP contribution in [0, 0.1) is 12.8 Å². The summed E-state index contributed by atoms with van der Waals surface area (Å²) in [5.74, 6) is -0.817. The zero-order chi connectivity index (χ0) is 14.6. The van der Waals surface area contributed by atoms with Crippen molar-refractivity contribution in [1.82, 2.24) is 0 Å². The van der Waals surface area contributed by atoms with Crippen LogP contribution >= 0.6 is 12.4 Å². The van der Waals surface area contributed by atoms with Crippen LogP contribution < -0.4 is 15.8 Å². The van der Waals surface area contributed by atoms with Gasteiger partial charge in [-0.2, -0.15) is 8.78 Å². The van der Waals surface area contributed by atoms with Crippen molar-refractivity contribution in [3.05, 3.63) is 23.8 Å². The minimum Gasteiger partial charge on any atom is -0.433 e. The minimum absolute atomic E-state index is 0. The minimum atomic E-state index is -2.94. The fourth-order valence-electron chi connectivity index (χ4n) is 1.47. The van der Waals surface area contributed by atoms with Crippen molar-refractivity contribution in [2.45, 2.75) is 33.4 Å². The summed E-state index contributed by atoms with van der Waals surface area (Å²) in [5, 5.41) is 2.59. The van der Waals surface area contributed by atoms with Gasteiger partial charge in [-0.05, 0) is 25.5 Å². The standard InChI is InChI=1S/C13H18F2N2O2.ClH/c1-7-5-4-6-10(19-13(14)15)11(7)17-12(18)8(2)9(3)16;/h4-6,8-9,13H,16H2,1-3H3,(H,17,18);1H. The van der Waals surface area contributed by atoms with Crippen molar-refractivity contribution in [2.24, 2.45) is 11.7 Å². The van der Waals surface area contributed by atoms with Gasteiger partial charge in [-0.1, -0.05) is 19.1 Å². The predicted octanol–water partition coefficient (Wildman–Crippen LogP) is 2.94.